The van der Waals surface area contributed by atoms with Crippen LogP contribution in [0.15, 0.2) is 70.5 Å². The molecular formula is C23H26N4O7S. The number of hydrogen-bond donors (Lipinski definition) is 4. The fourth-order valence-electron chi connectivity index (χ4n) is 3.20. The molecule has 0 saturated heterocycles. The zero-order valence-corrected chi connectivity index (χ0v) is 19.5. The van der Waals surface area contributed by atoms with Crippen molar-refractivity contribution in [1.29, 1.82) is 0 Å². The van der Waals surface area contributed by atoms with E-state index in [9.17, 15) is 27.9 Å². The number of nitrogens with zero attached hydrogens (tertiary/aromatic N) is 1. The number of aliphatic carboxylic acids is 1. The summed E-state index contributed by atoms with van der Waals surface area (Å²) in [6.45, 7) is 0.475. The van der Waals surface area contributed by atoms with E-state index in [1.54, 1.807) is 18.2 Å². The van der Waals surface area contributed by atoms with Crippen LogP contribution in [0.4, 0.5) is 0 Å². The SMILES string of the molecule is NCCCCOc1ccn2c(=O)cc(C(=O)NC[C@H](NS(=O)(=O)c3ccccc3)C(=O)O)cc2c1. The average molecular weight is 503 g/mol. The van der Waals surface area contributed by atoms with Gasteiger partial charge < -0.3 is 20.9 Å². The Morgan fingerprint density at radius 1 is 1.09 bits per heavy atom. The number of ether oxygens (including phenoxy) is 1. The van der Waals surface area contributed by atoms with Gasteiger partial charge in [0.25, 0.3) is 11.5 Å². The molecule has 3 rings (SSSR count). The number of benzene rings is 1. The molecule has 11 nitrogen and oxygen atoms in total. The number of carboxylic acids is 1. The number of hydrogen-bond acceptors (Lipinski definition) is 7. The Morgan fingerprint density at radius 3 is 2.51 bits per heavy atom. The number of nitrogens with two attached hydrogens (primary N) is 1. The number of nitrogens with one attached hydrogen (secondary N) is 2. The molecule has 12 heteroatoms. The van der Waals surface area contributed by atoms with E-state index in [2.05, 4.69) is 10.0 Å². The predicted octanol–water partition coefficient (Wildman–Crippen LogP) is 0.579. The van der Waals surface area contributed by atoms with E-state index in [1.165, 1.54) is 40.9 Å². The highest BCUT2D eigenvalue weighted by atomic mass is 32.2. The first-order valence-corrected chi connectivity index (χ1v) is 12.3. The molecule has 2 aromatic heterocycles. The van der Waals surface area contributed by atoms with E-state index in [4.69, 9.17) is 10.5 Å². The molecule has 0 fully saturated rings. The van der Waals surface area contributed by atoms with Crippen LogP contribution in [-0.2, 0) is 14.8 Å². The second kappa shape index (κ2) is 11.6. The van der Waals surface area contributed by atoms with Crippen LogP contribution in [0.1, 0.15) is 23.2 Å². The lowest BCUT2D eigenvalue weighted by Gasteiger charge is -2.16. The lowest BCUT2D eigenvalue weighted by atomic mass is 10.2. The number of unbranched alkanes of at least 4 members (excludes halogenated alkanes) is 1. The molecule has 0 spiro atoms. The second-order valence-corrected chi connectivity index (χ2v) is 9.33. The Labute approximate surface area is 201 Å². The minimum Gasteiger partial charge on any atom is -0.493 e. The van der Waals surface area contributed by atoms with Crippen molar-refractivity contribution in [3.63, 3.8) is 0 Å². The average Bonchev–Trinajstić information content (AvgIpc) is 2.84. The highest BCUT2D eigenvalue weighted by molar-refractivity contribution is 7.89. The number of carboxylic acid groups (broad SMARTS) is 1. The van der Waals surface area contributed by atoms with E-state index >= 15 is 0 Å². The highest BCUT2D eigenvalue weighted by Gasteiger charge is 2.26. The maximum absolute atomic E-state index is 12.7. The van der Waals surface area contributed by atoms with Crippen LogP contribution in [0, 0.1) is 0 Å². The Bertz CT molecular complexity index is 1360. The van der Waals surface area contributed by atoms with Crippen molar-refractivity contribution in [2.24, 2.45) is 5.73 Å². The maximum Gasteiger partial charge on any atom is 0.323 e. The summed E-state index contributed by atoms with van der Waals surface area (Å²) in [4.78, 5) is 36.6. The molecule has 0 aliphatic carbocycles. The molecule has 1 atom stereocenters. The molecule has 0 aliphatic heterocycles. The third-order valence-electron chi connectivity index (χ3n) is 5.02. The van der Waals surface area contributed by atoms with Gasteiger partial charge in [0.2, 0.25) is 10.0 Å². The Morgan fingerprint density at radius 2 is 1.83 bits per heavy atom. The van der Waals surface area contributed by atoms with Gasteiger partial charge in [0.05, 0.1) is 17.0 Å². The van der Waals surface area contributed by atoms with E-state index in [1.807, 2.05) is 0 Å². The van der Waals surface area contributed by atoms with Crippen molar-refractivity contribution in [3.05, 3.63) is 76.7 Å². The fraction of sp³-hybridized carbons (Fsp3) is 0.261. The first-order chi connectivity index (χ1) is 16.7. The largest absolute Gasteiger partial charge is 0.493 e. The van der Waals surface area contributed by atoms with Crippen molar-refractivity contribution in [2.75, 3.05) is 19.7 Å². The van der Waals surface area contributed by atoms with Crippen LogP contribution >= 0.6 is 0 Å². The van der Waals surface area contributed by atoms with E-state index in [0.717, 1.165) is 18.9 Å². The lowest BCUT2D eigenvalue weighted by Crippen LogP contribution is -2.48. The Balaban J connectivity index is 1.72. The van der Waals surface area contributed by atoms with Crippen molar-refractivity contribution < 1.29 is 27.9 Å². The topological polar surface area (TPSA) is 169 Å². The lowest BCUT2D eigenvalue weighted by molar-refractivity contribution is -0.138. The molecule has 0 unspecified atom stereocenters. The molecule has 35 heavy (non-hydrogen) atoms. The second-order valence-electron chi connectivity index (χ2n) is 7.62. The van der Waals surface area contributed by atoms with Crippen molar-refractivity contribution in [1.82, 2.24) is 14.4 Å². The minimum absolute atomic E-state index is 0.00895. The van der Waals surface area contributed by atoms with Crippen LogP contribution in [-0.4, -0.2) is 55.5 Å². The molecule has 0 saturated carbocycles. The molecule has 0 aliphatic rings. The highest BCUT2D eigenvalue weighted by Crippen LogP contribution is 2.15. The number of amides is 1. The summed E-state index contributed by atoms with van der Waals surface area (Å²) in [7, 11) is -4.13. The van der Waals surface area contributed by atoms with Gasteiger partial charge >= 0.3 is 5.97 Å². The van der Waals surface area contributed by atoms with Gasteiger partial charge in [-0.2, -0.15) is 4.72 Å². The number of rotatable bonds is 12. The molecule has 3 aromatic rings. The van der Waals surface area contributed by atoms with E-state index in [-0.39, 0.29) is 10.5 Å². The monoisotopic (exact) mass is 502 g/mol. The molecule has 186 valence electrons. The number of aromatic nitrogens is 1. The van der Waals surface area contributed by atoms with Gasteiger partial charge in [-0.05, 0) is 43.7 Å². The molecule has 0 bridgehead atoms. The number of carbonyl (C=O) groups excluding carboxylic acids is 1. The van der Waals surface area contributed by atoms with Gasteiger partial charge in [0.1, 0.15) is 11.8 Å². The summed E-state index contributed by atoms with van der Waals surface area (Å²) in [5.74, 6) is -1.69. The van der Waals surface area contributed by atoms with Crippen LogP contribution in [0.2, 0.25) is 0 Å². The first-order valence-electron chi connectivity index (χ1n) is 10.8. The number of pyridine rings is 2. The third kappa shape index (κ3) is 6.88. The van der Waals surface area contributed by atoms with Gasteiger partial charge in [0.15, 0.2) is 0 Å². The molecule has 1 amide bonds. The van der Waals surface area contributed by atoms with Gasteiger partial charge in [-0.15, -0.1) is 0 Å². The van der Waals surface area contributed by atoms with Gasteiger partial charge in [-0.3, -0.25) is 18.8 Å². The van der Waals surface area contributed by atoms with Crippen molar-refractivity contribution in [3.8, 4) is 5.75 Å². The fourth-order valence-corrected chi connectivity index (χ4v) is 4.41. The normalized spacial score (nSPS) is 12.3. The van der Waals surface area contributed by atoms with Gasteiger partial charge in [0, 0.05) is 30.4 Å². The molecule has 0 radical (unpaired) electrons. The van der Waals surface area contributed by atoms with Crippen molar-refractivity contribution >= 4 is 27.4 Å². The number of sulfonamides is 1. The summed E-state index contributed by atoms with van der Waals surface area (Å²) >= 11 is 0. The summed E-state index contributed by atoms with van der Waals surface area (Å²) in [5.41, 5.74) is 5.38. The maximum atomic E-state index is 12.7. The Hall–Kier alpha value is -3.74. The molecule has 1 aromatic carbocycles. The third-order valence-corrected chi connectivity index (χ3v) is 6.51. The number of carbonyl (C=O) groups is 2. The van der Waals surface area contributed by atoms with Crippen LogP contribution in [0.3, 0.4) is 0 Å². The Kier molecular flexibility index (Phi) is 8.58. The first kappa shape index (κ1) is 25.9. The van der Waals surface area contributed by atoms with Crippen LogP contribution < -0.4 is 26.1 Å². The number of fused-ring (bicyclic) bond motifs is 1. The minimum atomic E-state index is -4.13. The van der Waals surface area contributed by atoms with Crippen LogP contribution in [0.5, 0.6) is 5.75 Å². The molecular weight excluding hydrogens is 476 g/mol. The van der Waals surface area contributed by atoms with E-state index < -0.39 is 40.0 Å². The van der Waals surface area contributed by atoms with Gasteiger partial charge in [-0.25, -0.2) is 8.42 Å². The zero-order chi connectivity index (χ0) is 25.4. The quantitative estimate of drug-likeness (QED) is 0.261. The standard InChI is InChI=1S/C23H26N4O7S/c24-9-4-5-11-34-18-8-10-27-17(14-18)12-16(13-21(27)28)22(29)25-15-20(23(30)31)26-35(32,33)19-6-2-1-3-7-19/h1-3,6-8,10,12-14,20,26H,4-5,9,11,15,24H2,(H,25,29)(H,30,31)/t20-/m0/s1. The van der Waals surface area contributed by atoms with E-state index in [0.29, 0.717) is 24.4 Å². The van der Waals surface area contributed by atoms with Crippen molar-refractivity contribution in [2.45, 2.75) is 23.8 Å². The summed E-state index contributed by atoms with van der Waals surface area (Å²) in [6, 6.07) is 11.4. The van der Waals surface area contributed by atoms with Gasteiger partial charge in [-0.1, -0.05) is 18.2 Å². The molecule has 2 heterocycles. The predicted molar refractivity (Wildman–Crippen MR) is 128 cm³/mol. The summed E-state index contributed by atoms with van der Waals surface area (Å²) in [6.07, 6.45) is 3.11. The summed E-state index contributed by atoms with van der Waals surface area (Å²) < 4.78 is 33.9. The zero-order valence-electron chi connectivity index (χ0n) is 18.7. The smallest absolute Gasteiger partial charge is 0.323 e. The molecule has 5 N–H and O–H groups in total. The van der Waals surface area contributed by atoms with Crippen LogP contribution in [0.25, 0.3) is 5.52 Å². The summed E-state index contributed by atoms with van der Waals surface area (Å²) in [5, 5.41) is 11.8.